The molecule has 0 aromatic heterocycles. The SMILES string of the molecule is CC(C)CC(CN)CC(=O)NC(C)(CO)c1ccccc1. The first-order chi connectivity index (χ1) is 9.91. The molecule has 2 atom stereocenters. The van der Waals surface area contributed by atoms with Gasteiger partial charge in [-0.1, -0.05) is 44.2 Å². The van der Waals surface area contributed by atoms with Crippen LogP contribution in [-0.4, -0.2) is 24.2 Å². The number of carbonyl (C=O) groups is 1. The third kappa shape index (κ3) is 5.48. The Hall–Kier alpha value is -1.39. The summed E-state index contributed by atoms with van der Waals surface area (Å²) in [7, 11) is 0. The molecule has 118 valence electrons. The van der Waals surface area contributed by atoms with Crippen molar-refractivity contribution in [3.05, 3.63) is 35.9 Å². The molecule has 4 N–H and O–H groups in total. The van der Waals surface area contributed by atoms with E-state index in [2.05, 4.69) is 19.2 Å². The van der Waals surface area contributed by atoms with Crippen LogP contribution in [0.2, 0.25) is 0 Å². The summed E-state index contributed by atoms with van der Waals surface area (Å²) >= 11 is 0. The van der Waals surface area contributed by atoms with Crippen LogP contribution < -0.4 is 11.1 Å². The first kappa shape index (κ1) is 17.7. The van der Waals surface area contributed by atoms with Crippen LogP contribution in [0.25, 0.3) is 0 Å². The summed E-state index contributed by atoms with van der Waals surface area (Å²) in [4.78, 5) is 12.3. The van der Waals surface area contributed by atoms with Gasteiger partial charge in [-0.05, 0) is 37.3 Å². The highest BCUT2D eigenvalue weighted by Gasteiger charge is 2.28. The molecule has 0 radical (unpaired) electrons. The van der Waals surface area contributed by atoms with Crippen molar-refractivity contribution in [3.8, 4) is 0 Å². The summed E-state index contributed by atoms with van der Waals surface area (Å²) in [6.45, 7) is 6.46. The fourth-order valence-corrected chi connectivity index (χ4v) is 2.56. The smallest absolute Gasteiger partial charge is 0.221 e. The van der Waals surface area contributed by atoms with Crippen LogP contribution in [0.5, 0.6) is 0 Å². The molecule has 1 rings (SSSR count). The van der Waals surface area contributed by atoms with Crippen molar-refractivity contribution in [2.75, 3.05) is 13.2 Å². The van der Waals surface area contributed by atoms with Crippen molar-refractivity contribution in [1.82, 2.24) is 5.32 Å². The molecule has 1 aromatic carbocycles. The molecule has 2 unspecified atom stereocenters. The summed E-state index contributed by atoms with van der Waals surface area (Å²) in [6, 6.07) is 9.53. The maximum Gasteiger partial charge on any atom is 0.221 e. The van der Waals surface area contributed by atoms with Gasteiger partial charge in [-0.15, -0.1) is 0 Å². The largest absolute Gasteiger partial charge is 0.394 e. The van der Waals surface area contributed by atoms with Crippen LogP contribution in [-0.2, 0) is 10.3 Å². The molecule has 0 heterocycles. The van der Waals surface area contributed by atoms with Crippen LogP contribution in [0.3, 0.4) is 0 Å². The Morgan fingerprint density at radius 3 is 2.43 bits per heavy atom. The van der Waals surface area contributed by atoms with Crippen LogP contribution in [0.4, 0.5) is 0 Å². The van der Waals surface area contributed by atoms with Gasteiger partial charge in [0.15, 0.2) is 0 Å². The van der Waals surface area contributed by atoms with Crippen molar-refractivity contribution in [2.45, 2.75) is 39.2 Å². The second-order valence-corrected chi connectivity index (χ2v) is 6.34. The zero-order chi connectivity index (χ0) is 15.9. The molecule has 1 aromatic rings. The Labute approximate surface area is 127 Å². The topological polar surface area (TPSA) is 75.4 Å². The van der Waals surface area contributed by atoms with Crippen molar-refractivity contribution in [3.63, 3.8) is 0 Å². The Morgan fingerprint density at radius 2 is 1.95 bits per heavy atom. The summed E-state index contributed by atoms with van der Waals surface area (Å²) < 4.78 is 0. The van der Waals surface area contributed by atoms with Gasteiger partial charge in [0.25, 0.3) is 0 Å². The number of carbonyl (C=O) groups excluding carboxylic acids is 1. The number of rotatable bonds is 8. The predicted molar refractivity (Wildman–Crippen MR) is 85.6 cm³/mol. The molecule has 1 amide bonds. The average molecular weight is 292 g/mol. The zero-order valence-corrected chi connectivity index (χ0v) is 13.3. The highest BCUT2D eigenvalue weighted by atomic mass is 16.3. The molecular formula is C17H28N2O2. The molecule has 0 aliphatic heterocycles. The minimum Gasteiger partial charge on any atom is -0.394 e. The van der Waals surface area contributed by atoms with E-state index in [1.165, 1.54) is 0 Å². The van der Waals surface area contributed by atoms with Crippen molar-refractivity contribution >= 4 is 5.91 Å². The number of nitrogens with two attached hydrogens (primary N) is 1. The lowest BCUT2D eigenvalue weighted by Gasteiger charge is -2.30. The van der Waals surface area contributed by atoms with E-state index in [1.807, 2.05) is 37.3 Å². The number of nitrogens with one attached hydrogen (secondary N) is 1. The quantitative estimate of drug-likeness (QED) is 0.686. The number of hydrogen-bond acceptors (Lipinski definition) is 3. The number of aliphatic hydroxyl groups excluding tert-OH is 1. The summed E-state index contributed by atoms with van der Waals surface area (Å²) in [5.74, 6) is 0.639. The highest BCUT2D eigenvalue weighted by Crippen LogP contribution is 2.21. The molecular weight excluding hydrogens is 264 g/mol. The van der Waals surface area contributed by atoms with E-state index >= 15 is 0 Å². The average Bonchev–Trinajstić information content (AvgIpc) is 2.46. The number of aliphatic hydroxyl groups is 1. The monoisotopic (exact) mass is 292 g/mol. The lowest BCUT2D eigenvalue weighted by molar-refractivity contribution is -0.124. The lowest BCUT2D eigenvalue weighted by Crippen LogP contribution is -2.47. The van der Waals surface area contributed by atoms with Gasteiger partial charge in [-0.3, -0.25) is 4.79 Å². The van der Waals surface area contributed by atoms with Gasteiger partial charge in [-0.2, -0.15) is 0 Å². The highest BCUT2D eigenvalue weighted by molar-refractivity contribution is 5.77. The molecule has 0 spiro atoms. The standard InChI is InChI=1S/C17H28N2O2/c1-13(2)9-14(11-18)10-16(21)19-17(3,12-20)15-7-5-4-6-8-15/h4-8,13-14,20H,9-12,18H2,1-3H3,(H,19,21). The Kier molecular flexibility index (Phi) is 6.85. The van der Waals surface area contributed by atoms with Gasteiger partial charge in [-0.25, -0.2) is 0 Å². The molecule has 0 saturated carbocycles. The van der Waals surface area contributed by atoms with Gasteiger partial charge in [0, 0.05) is 6.42 Å². The first-order valence-electron chi connectivity index (χ1n) is 7.58. The lowest BCUT2D eigenvalue weighted by atomic mass is 9.90. The van der Waals surface area contributed by atoms with Gasteiger partial charge in [0.05, 0.1) is 12.1 Å². The second kappa shape index (κ2) is 8.15. The summed E-state index contributed by atoms with van der Waals surface area (Å²) in [6.07, 6.45) is 1.34. The van der Waals surface area contributed by atoms with Gasteiger partial charge in [0.1, 0.15) is 0 Å². The van der Waals surface area contributed by atoms with E-state index in [4.69, 9.17) is 5.73 Å². The molecule has 4 heteroatoms. The van der Waals surface area contributed by atoms with Gasteiger partial charge < -0.3 is 16.2 Å². The number of amides is 1. The van der Waals surface area contributed by atoms with Crippen LogP contribution in [0.1, 0.15) is 39.2 Å². The van der Waals surface area contributed by atoms with Crippen LogP contribution in [0, 0.1) is 11.8 Å². The summed E-state index contributed by atoms with van der Waals surface area (Å²) in [5, 5.41) is 12.6. The number of benzene rings is 1. The maximum absolute atomic E-state index is 12.3. The first-order valence-corrected chi connectivity index (χ1v) is 7.58. The van der Waals surface area contributed by atoms with E-state index < -0.39 is 5.54 Å². The Morgan fingerprint density at radius 1 is 1.33 bits per heavy atom. The third-order valence-corrected chi connectivity index (χ3v) is 3.75. The fourth-order valence-electron chi connectivity index (χ4n) is 2.56. The third-order valence-electron chi connectivity index (χ3n) is 3.75. The van der Waals surface area contributed by atoms with E-state index in [0.29, 0.717) is 18.9 Å². The molecule has 0 aliphatic carbocycles. The van der Waals surface area contributed by atoms with Crippen LogP contribution >= 0.6 is 0 Å². The summed E-state index contributed by atoms with van der Waals surface area (Å²) in [5.41, 5.74) is 5.89. The molecule has 0 fully saturated rings. The Balaban J connectivity index is 2.70. The van der Waals surface area contributed by atoms with Crippen molar-refractivity contribution in [2.24, 2.45) is 17.6 Å². The van der Waals surface area contributed by atoms with Gasteiger partial charge in [0.2, 0.25) is 5.91 Å². The number of hydrogen-bond donors (Lipinski definition) is 3. The van der Waals surface area contributed by atoms with E-state index in [0.717, 1.165) is 12.0 Å². The van der Waals surface area contributed by atoms with Crippen molar-refractivity contribution < 1.29 is 9.90 Å². The predicted octanol–water partition coefficient (Wildman–Crippen LogP) is 2.02. The van der Waals surface area contributed by atoms with E-state index in [1.54, 1.807) is 0 Å². The minimum atomic E-state index is -0.755. The molecule has 0 bridgehead atoms. The Bertz CT molecular complexity index is 434. The minimum absolute atomic E-state index is 0.0634. The van der Waals surface area contributed by atoms with E-state index in [9.17, 15) is 9.90 Å². The molecule has 0 saturated heterocycles. The van der Waals surface area contributed by atoms with E-state index in [-0.39, 0.29) is 18.4 Å². The maximum atomic E-state index is 12.3. The normalized spacial score (nSPS) is 15.5. The van der Waals surface area contributed by atoms with Crippen LogP contribution in [0.15, 0.2) is 30.3 Å². The molecule has 4 nitrogen and oxygen atoms in total. The second-order valence-electron chi connectivity index (χ2n) is 6.34. The van der Waals surface area contributed by atoms with Gasteiger partial charge >= 0.3 is 0 Å². The molecule has 0 aliphatic rings. The molecule has 21 heavy (non-hydrogen) atoms. The fraction of sp³-hybridized carbons (Fsp3) is 0.588. The van der Waals surface area contributed by atoms with Crippen molar-refractivity contribution in [1.29, 1.82) is 0 Å². The zero-order valence-electron chi connectivity index (χ0n) is 13.3.